The Kier molecular flexibility index (Phi) is 2.33. The van der Waals surface area contributed by atoms with Gasteiger partial charge in [0.2, 0.25) is 5.91 Å². The normalized spacial score (nSPS) is 17.4. The summed E-state index contributed by atoms with van der Waals surface area (Å²) in [6, 6.07) is 0. The van der Waals surface area contributed by atoms with Crippen LogP contribution >= 0.6 is 0 Å². The zero-order valence-electron chi connectivity index (χ0n) is 7.13. The van der Waals surface area contributed by atoms with Crippen LogP contribution in [-0.4, -0.2) is 24.4 Å². The maximum atomic E-state index is 11.2. The molecule has 0 aromatic carbocycles. The smallest absolute Gasteiger partial charge is 0.246 e. The quantitative estimate of drug-likeness (QED) is 0.649. The summed E-state index contributed by atoms with van der Waals surface area (Å²) in [6.07, 6.45) is 3.32. The van der Waals surface area contributed by atoms with E-state index in [0.717, 1.165) is 11.4 Å². The summed E-state index contributed by atoms with van der Waals surface area (Å²) in [6.45, 7) is 7.59. The molecule has 0 unspecified atom stereocenters. The Labute approximate surface area is 72.1 Å². The summed E-state index contributed by atoms with van der Waals surface area (Å²) in [5, 5.41) is 2.95. The number of carbonyl (C=O) groups excluding carboxylic acids is 1. The fourth-order valence-corrected chi connectivity index (χ4v) is 1.12. The SMILES string of the molecule is C=CC1=C(C=C)N(C)C(=O)CN1. The van der Waals surface area contributed by atoms with Gasteiger partial charge >= 0.3 is 0 Å². The summed E-state index contributed by atoms with van der Waals surface area (Å²) in [5.74, 6) is 0.0375. The van der Waals surface area contributed by atoms with Gasteiger partial charge in [0.25, 0.3) is 0 Å². The van der Waals surface area contributed by atoms with Gasteiger partial charge in [-0.25, -0.2) is 0 Å². The molecule has 1 aliphatic heterocycles. The highest BCUT2D eigenvalue weighted by atomic mass is 16.2. The lowest BCUT2D eigenvalue weighted by Crippen LogP contribution is -2.40. The van der Waals surface area contributed by atoms with Gasteiger partial charge in [-0.05, 0) is 12.2 Å². The molecule has 1 aliphatic rings. The Bertz CT molecular complexity index is 266. The van der Waals surface area contributed by atoms with Crippen molar-refractivity contribution in [1.29, 1.82) is 0 Å². The van der Waals surface area contributed by atoms with Crippen molar-refractivity contribution in [3.63, 3.8) is 0 Å². The molecule has 3 nitrogen and oxygen atoms in total. The Morgan fingerprint density at radius 3 is 2.67 bits per heavy atom. The van der Waals surface area contributed by atoms with Crippen LogP contribution in [0.1, 0.15) is 0 Å². The molecule has 1 N–H and O–H groups in total. The summed E-state index contributed by atoms with van der Waals surface area (Å²) in [7, 11) is 1.73. The van der Waals surface area contributed by atoms with Crippen LogP contribution in [0.15, 0.2) is 36.7 Å². The van der Waals surface area contributed by atoms with E-state index in [1.807, 2.05) is 0 Å². The minimum absolute atomic E-state index is 0.0375. The molecule has 0 aromatic rings. The lowest BCUT2D eigenvalue weighted by atomic mass is 10.2. The minimum atomic E-state index is 0.0375. The molecule has 0 saturated carbocycles. The third kappa shape index (κ3) is 1.25. The number of hydrogen-bond donors (Lipinski definition) is 1. The first kappa shape index (κ1) is 8.59. The average Bonchev–Trinajstić information content (AvgIpc) is 2.09. The molecule has 0 aliphatic carbocycles. The third-order valence-electron chi connectivity index (χ3n) is 1.84. The van der Waals surface area contributed by atoms with E-state index in [-0.39, 0.29) is 5.91 Å². The fourth-order valence-electron chi connectivity index (χ4n) is 1.12. The van der Waals surface area contributed by atoms with Gasteiger partial charge in [0.1, 0.15) is 0 Å². The van der Waals surface area contributed by atoms with Crippen LogP contribution < -0.4 is 5.32 Å². The van der Waals surface area contributed by atoms with Gasteiger partial charge in [0.15, 0.2) is 0 Å². The van der Waals surface area contributed by atoms with Gasteiger partial charge in [-0.3, -0.25) is 4.79 Å². The first-order chi connectivity index (χ1) is 5.70. The van der Waals surface area contributed by atoms with E-state index in [2.05, 4.69) is 18.5 Å². The van der Waals surface area contributed by atoms with Crippen LogP contribution in [0.25, 0.3) is 0 Å². The Morgan fingerprint density at radius 2 is 2.17 bits per heavy atom. The van der Waals surface area contributed by atoms with E-state index in [1.54, 1.807) is 24.1 Å². The number of nitrogens with one attached hydrogen (secondary N) is 1. The van der Waals surface area contributed by atoms with Crippen molar-refractivity contribution in [2.45, 2.75) is 0 Å². The predicted octanol–water partition coefficient (Wildman–Crippen LogP) is 0.632. The second-order valence-electron chi connectivity index (χ2n) is 2.51. The van der Waals surface area contributed by atoms with E-state index in [4.69, 9.17) is 0 Å². The monoisotopic (exact) mass is 164 g/mol. The van der Waals surface area contributed by atoms with E-state index in [9.17, 15) is 4.79 Å². The average molecular weight is 164 g/mol. The van der Waals surface area contributed by atoms with Gasteiger partial charge in [-0.1, -0.05) is 13.2 Å². The number of hydrogen-bond acceptors (Lipinski definition) is 2. The number of nitrogens with zero attached hydrogens (tertiary/aromatic N) is 1. The van der Waals surface area contributed by atoms with Crippen LogP contribution in [0.3, 0.4) is 0 Å². The van der Waals surface area contributed by atoms with Crippen LogP contribution in [0.4, 0.5) is 0 Å². The second-order valence-corrected chi connectivity index (χ2v) is 2.51. The van der Waals surface area contributed by atoms with E-state index >= 15 is 0 Å². The Balaban J connectivity index is 3.07. The molecule has 0 saturated heterocycles. The molecule has 0 spiro atoms. The molecule has 0 aromatic heterocycles. The molecule has 0 bridgehead atoms. The highest BCUT2D eigenvalue weighted by molar-refractivity contribution is 5.82. The predicted molar refractivity (Wildman–Crippen MR) is 48.2 cm³/mol. The zero-order chi connectivity index (χ0) is 9.14. The van der Waals surface area contributed by atoms with Crippen molar-refractivity contribution < 1.29 is 4.79 Å². The standard InChI is InChI=1S/C9H12N2O/c1-4-7-8(5-2)11(3)9(12)6-10-7/h4-5,10H,1-2,6H2,3H3. The molecular weight excluding hydrogens is 152 g/mol. The Hall–Kier alpha value is -1.51. The van der Waals surface area contributed by atoms with E-state index in [1.165, 1.54) is 0 Å². The molecule has 0 atom stereocenters. The number of rotatable bonds is 2. The van der Waals surface area contributed by atoms with Crippen molar-refractivity contribution in [3.8, 4) is 0 Å². The van der Waals surface area contributed by atoms with Gasteiger partial charge in [0.05, 0.1) is 17.9 Å². The topological polar surface area (TPSA) is 32.3 Å². The highest BCUT2D eigenvalue weighted by Gasteiger charge is 2.18. The molecule has 1 amide bonds. The zero-order valence-corrected chi connectivity index (χ0v) is 7.13. The fraction of sp³-hybridized carbons (Fsp3) is 0.222. The van der Waals surface area contributed by atoms with Gasteiger partial charge in [0, 0.05) is 7.05 Å². The van der Waals surface area contributed by atoms with Crippen molar-refractivity contribution in [3.05, 3.63) is 36.7 Å². The number of amides is 1. The van der Waals surface area contributed by atoms with Gasteiger partial charge in [-0.2, -0.15) is 0 Å². The second kappa shape index (κ2) is 3.26. The van der Waals surface area contributed by atoms with Crippen LogP contribution in [0.5, 0.6) is 0 Å². The van der Waals surface area contributed by atoms with Crippen molar-refractivity contribution >= 4 is 5.91 Å². The summed E-state index contributed by atoms with van der Waals surface area (Å²) in [5.41, 5.74) is 1.63. The van der Waals surface area contributed by atoms with E-state index in [0.29, 0.717) is 6.54 Å². The van der Waals surface area contributed by atoms with Crippen molar-refractivity contribution in [1.82, 2.24) is 10.2 Å². The first-order valence-corrected chi connectivity index (χ1v) is 3.70. The third-order valence-corrected chi connectivity index (χ3v) is 1.84. The molecule has 12 heavy (non-hydrogen) atoms. The first-order valence-electron chi connectivity index (χ1n) is 3.70. The van der Waals surface area contributed by atoms with E-state index < -0.39 is 0 Å². The molecule has 3 heteroatoms. The van der Waals surface area contributed by atoms with Crippen molar-refractivity contribution in [2.24, 2.45) is 0 Å². The molecule has 1 rings (SSSR count). The van der Waals surface area contributed by atoms with Crippen LogP contribution in [-0.2, 0) is 4.79 Å². The molecule has 64 valence electrons. The van der Waals surface area contributed by atoms with Gasteiger partial charge < -0.3 is 10.2 Å². The van der Waals surface area contributed by atoms with Crippen LogP contribution in [0, 0.1) is 0 Å². The van der Waals surface area contributed by atoms with Crippen LogP contribution in [0.2, 0.25) is 0 Å². The molecule has 0 fully saturated rings. The molecule has 1 heterocycles. The Morgan fingerprint density at radius 1 is 1.50 bits per heavy atom. The summed E-state index contributed by atoms with van der Waals surface area (Å²) >= 11 is 0. The van der Waals surface area contributed by atoms with Crippen molar-refractivity contribution in [2.75, 3.05) is 13.6 Å². The summed E-state index contributed by atoms with van der Waals surface area (Å²) < 4.78 is 0. The lowest BCUT2D eigenvalue weighted by Gasteiger charge is -2.26. The highest BCUT2D eigenvalue weighted by Crippen LogP contribution is 2.12. The molecule has 0 radical (unpaired) electrons. The minimum Gasteiger partial charge on any atom is -0.374 e. The molecular formula is C9H12N2O. The van der Waals surface area contributed by atoms with Gasteiger partial charge in [-0.15, -0.1) is 0 Å². The maximum absolute atomic E-state index is 11.2. The number of likely N-dealkylation sites (N-methyl/N-ethyl adjacent to an activating group) is 1. The number of allylic oxidation sites excluding steroid dienone is 2. The summed E-state index contributed by atoms with van der Waals surface area (Å²) in [4.78, 5) is 12.7. The lowest BCUT2D eigenvalue weighted by molar-refractivity contribution is -0.127. The largest absolute Gasteiger partial charge is 0.374 e. The maximum Gasteiger partial charge on any atom is 0.246 e. The number of carbonyl (C=O) groups is 1.